The number of rotatable bonds is 39. The largest absolute Gasteiger partial charge is 0.466 e. The van der Waals surface area contributed by atoms with E-state index in [4.69, 9.17) is 14.2 Å². The predicted molar refractivity (Wildman–Crippen MR) is 270 cm³/mol. The molecule has 0 spiro atoms. The van der Waals surface area contributed by atoms with Crippen LogP contribution in [0, 0.1) is 47.3 Å². The molecule has 6 heteroatoms. The zero-order chi connectivity index (χ0) is 46.5. The van der Waals surface area contributed by atoms with Crippen LogP contribution in [0.4, 0.5) is 0 Å². The second-order valence-electron chi connectivity index (χ2n) is 20.6. The molecule has 4 saturated carbocycles. The summed E-state index contributed by atoms with van der Waals surface area (Å²) in [7, 11) is 0. The van der Waals surface area contributed by atoms with E-state index in [0.29, 0.717) is 39.1 Å². The Morgan fingerprint density at radius 2 is 0.703 bits per heavy atom. The molecule has 4 aliphatic rings. The maximum atomic E-state index is 11.5. The van der Waals surface area contributed by atoms with Gasteiger partial charge in [0.2, 0.25) is 0 Å². The van der Waals surface area contributed by atoms with E-state index in [2.05, 4.69) is 65.8 Å². The number of hydrogen-bond donors (Lipinski definition) is 0. The average molecular weight is 897 g/mol. The first kappa shape index (κ1) is 58.0. The molecular formula is C58H104O6. The van der Waals surface area contributed by atoms with Crippen molar-refractivity contribution >= 4 is 17.9 Å². The van der Waals surface area contributed by atoms with Crippen molar-refractivity contribution in [3.05, 3.63) is 24.3 Å². The minimum absolute atomic E-state index is 0.00327. The third-order valence-electron chi connectivity index (χ3n) is 14.4. The lowest BCUT2D eigenvalue weighted by Gasteiger charge is -2.04. The highest BCUT2D eigenvalue weighted by molar-refractivity contribution is 5.69. The van der Waals surface area contributed by atoms with Crippen LogP contribution in [0.25, 0.3) is 0 Å². The molecule has 0 aliphatic heterocycles. The monoisotopic (exact) mass is 897 g/mol. The Bertz CT molecular complexity index is 1210. The van der Waals surface area contributed by atoms with Crippen molar-refractivity contribution in [1.29, 1.82) is 0 Å². The number of carbonyl (C=O) groups is 3. The maximum absolute atomic E-state index is 11.5. The molecule has 4 rings (SSSR count). The summed E-state index contributed by atoms with van der Waals surface area (Å²) in [6, 6.07) is 0. The summed E-state index contributed by atoms with van der Waals surface area (Å²) >= 11 is 0. The van der Waals surface area contributed by atoms with Gasteiger partial charge in [-0.1, -0.05) is 169 Å². The van der Waals surface area contributed by atoms with Crippen molar-refractivity contribution in [2.45, 2.75) is 260 Å². The van der Waals surface area contributed by atoms with Gasteiger partial charge in [-0.05, 0) is 144 Å². The van der Waals surface area contributed by atoms with Gasteiger partial charge in [0.25, 0.3) is 0 Å². The van der Waals surface area contributed by atoms with E-state index in [-0.39, 0.29) is 17.9 Å². The second-order valence-corrected chi connectivity index (χ2v) is 20.6. The Morgan fingerprint density at radius 1 is 0.359 bits per heavy atom. The Morgan fingerprint density at radius 3 is 1.16 bits per heavy atom. The number of carbonyl (C=O) groups excluding carboxylic acids is 3. The summed E-state index contributed by atoms with van der Waals surface area (Å²) in [5.41, 5.74) is 0. The van der Waals surface area contributed by atoms with Gasteiger partial charge in [-0.15, -0.1) is 0 Å². The van der Waals surface area contributed by atoms with E-state index in [1.54, 1.807) is 0 Å². The van der Waals surface area contributed by atoms with Gasteiger partial charge < -0.3 is 14.2 Å². The van der Waals surface area contributed by atoms with Crippen LogP contribution in [-0.2, 0) is 28.6 Å². The van der Waals surface area contributed by atoms with Gasteiger partial charge in [-0.2, -0.15) is 0 Å². The zero-order valence-electron chi connectivity index (χ0n) is 43.0. The predicted octanol–water partition coefficient (Wildman–Crippen LogP) is 17.1. The smallest absolute Gasteiger partial charge is 0.305 e. The van der Waals surface area contributed by atoms with Crippen molar-refractivity contribution in [3.63, 3.8) is 0 Å². The Balaban J connectivity index is 0.000000330. The molecule has 8 atom stereocenters. The minimum atomic E-state index is -0.0324. The molecule has 0 heterocycles. The first-order chi connectivity index (χ1) is 31.3. The average Bonchev–Trinajstić information content (AvgIpc) is 4.11. The molecule has 0 radical (unpaired) electrons. The molecule has 6 nitrogen and oxygen atoms in total. The van der Waals surface area contributed by atoms with E-state index in [1.807, 2.05) is 0 Å². The van der Waals surface area contributed by atoms with Crippen LogP contribution in [-0.4, -0.2) is 37.7 Å². The standard InChI is InChI=1S/C20H36O2.2C19H34O2/c1-3-5-7-9-16-13-18(16)15-19-14-17(19)11-12-22-20(21)10-8-6-4-2;1-3-5-8-12-17-16-18(17)13-10-7-11-15-21-19(20)14-9-6-4-2;1-3-5-7-8-9-11-12-17-16-18(17)14-15-21-19(20)13-10-6-4-2/h16-19H,3-15H2,1-2H3;7,10,17-18H,3-6,8-9,11-16H2,1-2H3;9,11,17-18H,3-8,10,12-16H2,1-2H3/b;10-7-;11-9-. The van der Waals surface area contributed by atoms with Crippen molar-refractivity contribution < 1.29 is 28.6 Å². The number of unbranched alkanes of at least 4 members (excludes halogenated alkanes) is 13. The van der Waals surface area contributed by atoms with E-state index in [1.165, 1.54) is 122 Å². The molecule has 4 fully saturated rings. The van der Waals surface area contributed by atoms with Crippen molar-refractivity contribution in [3.8, 4) is 0 Å². The third kappa shape index (κ3) is 32.5. The summed E-state index contributed by atoms with van der Waals surface area (Å²) in [5.74, 6) is 7.50. The van der Waals surface area contributed by atoms with Crippen LogP contribution < -0.4 is 0 Å². The molecule has 0 bridgehead atoms. The van der Waals surface area contributed by atoms with E-state index in [0.717, 1.165) is 124 Å². The van der Waals surface area contributed by atoms with Crippen molar-refractivity contribution in [2.24, 2.45) is 47.3 Å². The highest BCUT2D eigenvalue weighted by Gasteiger charge is 2.45. The number of esters is 3. The summed E-state index contributed by atoms with van der Waals surface area (Å²) < 4.78 is 15.9. The highest BCUT2D eigenvalue weighted by atomic mass is 16.5. The number of allylic oxidation sites excluding steroid dienone is 3. The molecular weight excluding hydrogens is 793 g/mol. The lowest BCUT2D eigenvalue weighted by molar-refractivity contribution is -0.144. The molecule has 0 amide bonds. The van der Waals surface area contributed by atoms with Gasteiger partial charge in [0.1, 0.15) is 0 Å². The van der Waals surface area contributed by atoms with E-state index in [9.17, 15) is 14.4 Å². The first-order valence-corrected chi connectivity index (χ1v) is 28.1. The fraction of sp³-hybridized carbons (Fsp3) is 0.879. The molecule has 0 saturated heterocycles. The van der Waals surface area contributed by atoms with Gasteiger partial charge >= 0.3 is 17.9 Å². The van der Waals surface area contributed by atoms with Crippen LogP contribution in [0.5, 0.6) is 0 Å². The van der Waals surface area contributed by atoms with E-state index < -0.39 is 0 Å². The number of hydrogen-bond acceptors (Lipinski definition) is 6. The van der Waals surface area contributed by atoms with Gasteiger partial charge in [0, 0.05) is 19.3 Å². The summed E-state index contributed by atoms with van der Waals surface area (Å²) in [6.45, 7) is 15.1. The summed E-state index contributed by atoms with van der Waals surface area (Å²) in [4.78, 5) is 34.4. The summed E-state index contributed by atoms with van der Waals surface area (Å²) in [5, 5.41) is 0. The Kier molecular flexibility index (Phi) is 35.3. The molecule has 64 heavy (non-hydrogen) atoms. The molecule has 372 valence electrons. The lowest BCUT2D eigenvalue weighted by atomic mass is 10.1. The van der Waals surface area contributed by atoms with Crippen LogP contribution >= 0.6 is 0 Å². The minimum Gasteiger partial charge on any atom is -0.466 e. The number of ether oxygens (including phenoxy) is 3. The van der Waals surface area contributed by atoms with Gasteiger partial charge in [0.05, 0.1) is 19.8 Å². The van der Waals surface area contributed by atoms with Gasteiger partial charge in [0.15, 0.2) is 0 Å². The normalized spacial score (nSPS) is 23.8. The van der Waals surface area contributed by atoms with Crippen LogP contribution in [0.3, 0.4) is 0 Å². The Hall–Kier alpha value is -2.11. The second kappa shape index (κ2) is 38.9. The van der Waals surface area contributed by atoms with Crippen LogP contribution in [0.15, 0.2) is 24.3 Å². The lowest BCUT2D eigenvalue weighted by Crippen LogP contribution is -2.06. The maximum Gasteiger partial charge on any atom is 0.305 e. The molecule has 0 aromatic rings. The molecule has 0 aromatic carbocycles. The zero-order valence-corrected chi connectivity index (χ0v) is 43.0. The quantitative estimate of drug-likeness (QED) is 0.0265. The van der Waals surface area contributed by atoms with Crippen LogP contribution in [0.1, 0.15) is 260 Å². The molecule has 0 N–H and O–H groups in total. The van der Waals surface area contributed by atoms with E-state index >= 15 is 0 Å². The SMILES string of the molecule is CCCCC/C=C\CC1CC1CCOC(=O)CCCCC.CCCCCC(=O)OCC/C=C\CC1CC1CCCCC.CCCCCC(=O)OCCC1CC1CC1CC1CCCCC. The van der Waals surface area contributed by atoms with Gasteiger partial charge in [-0.3, -0.25) is 14.4 Å². The third-order valence-corrected chi connectivity index (χ3v) is 14.4. The van der Waals surface area contributed by atoms with Crippen molar-refractivity contribution in [1.82, 2.24) is 0 Å². The Labute approximate surface area is 396 Å². The first-order valence-electron chi connectivity index (χ1n) is 28.1. The topological polar surface area (TPSA) is 78.9 Å². The van der Waals surface area contributed by atoms with Crippen LogP contribution in [0.2, 0.25) is 0 Å². The van der Waals surface area contributed by atoms with Gasteiger partial charge in [-0.25, -0.2) is 0 Å². The highest BCUT2D eigenvalue weighted by Crippen LogP contribution is 2.54. The fourth-order valence-electron chi connectivity index (χ4n) is 9.47. The summed E-state index contributed by atoms with van der Waals surface area (Å²) in [6.07, 6.45) is 49.8. The van der Waals surface area contributed by atoms with Crippen molar-refractivity contribution in [2.75, 3.05) is 19.8 Å². The molecule has 0 aromatic heterocycles. The fourth-order valence-corrected chi connectivity index (χ4v) is 9.47. The molecule has 4 aliphatic carbocycles. The molecule has 8 unspecified atom stereocenters.